The van der Waals surface area contributed by atoms with Crippen molar-refractivity contribution in [3.05, 3.63) is 30.0 Å². The highest BCUT2D eigenvalue weighted by Gasteiger charge is 2.16. The van der Waals surface area contributed by atoms with E-state index in [9.17, 15) is 4.79 Å². The molecule has 0 fully saturated rings. The van der Waals surface area contributed by atoms with Crippen molar-refractivity contribution in [2.75, 3.05) is 13.7 Å². The minimum absolute atomic E-state index is 0.0282. The molecular weight excluding hydrogens is 232 g/mol. The number of aromatic nitrogens is 1. The highest BCUT2D eigenvalue weighted by atomic mass is 16.5. The van der Waals surface area contributed by atoms with Crippen LogP contribution in [0.5, 0.6) is 5.75 Å². The number of benzene rings is 1. The van der Waals surface area contributed by atoms with E-state index < -0.39 is 5.97 Å². The number of hydrogen-bond acceptors (Lipinski definition) is 3. The molecule has 96 valence electrons. The number of carboxylic acid groups (broad SMARTS) is 1. The highest BCUT2D eigenvalue weighted by molar-refractivity contribution is 5.82. The van der Waals surface area contributed by atoms with Crippen LogP contribution in [0.4, 0.5) is 0 Å². The van der Waals surface area contributed by atoms with Gasteiger partial charge >= 0.3 is 5.97 Å². The number of ether oxygens (including phenoxy) is 1. The molecule has 0 saturated heterocycles. The van der Waals surface area contributed by atoms with Crippen molar-refractivity contribution in [3.63, 3.8) is 0 Å². The third kappa shape index (κ3) is 2.46. The maximum absolute atomic E-state index is 10.8. The lowest BCUT2D eigenvalue weighted by Gasteiger charge is -2.09. The number of fused-ring (bicyclic) bond motifs is 1. The summed E-state index contributed by atoms with van der Waals surface area (Å²) >= 11 is 0. The van der Waals surface area contributed by atoms with E-state index in [1.165, 1.54) is 0 Å². The second-order valence-corrected chi connectivity index (χ2v) is 4.21. The Hall–Kier alpha value is -2.01. The number of aromatic amines is 1. The van der Waals surface area contributed by atoms with Crippen molar-refractivity contribution < 1.29 is 14.6 Å². The molecule has 2 rings (SSSR count). The third-order valence-electron chi connectivity index (χ3n) is 2.99. The van der Waals surface area contributed by atoms with Crippen LogP contribution in [0, 0.1) is 0 Å². The first-order valence-electron chi connectivity index (χ1n) is 5.72. The maximum atomic E-state index is 10.8. The first-order valence-corrected chi connectivity index (χ1v) is 5.72. The van der Waals surface area contributed by atoms with Crippen LogP contribution < -0.4 is 10.5 Å². The van der Waals surface area contributed by atoms with Gasteiger partial charge in [0.25, 0.3) is 0 Å². The fraction of sp³-hybridized carbons (Fsp3) is 0.308. The molecular formula is C13H16N2O3. The predicted molar refractivity (Wildman–Crippen MR) is 68.9 cm³/mol. The second kappa shape index (κ2) is 5.10. The largest absolute Gasteiger partial charge is 0.497 e. The van der Waals surface area contributed by atoms with E-state index in [2.05, 4.69) is 4.98 Å². The van der Waals surface area contributed by atoms with Crippen molar-refractivity contribution in [1.29, 1.82) is 0 Å². The molecule has 5 nitrogen and oxygen atoms in total. The third-order valence-corrected chi connectivity index (χ3v) is 2.99. The lowest BCUT2D eigenvalue weighted by molar-refractivity contribution is -0.137. The zero-order chi connectivity index (χ0) is 13.1. The standard InChI is InChI=1S/C13H16N2O3/c1-18-10-2-3-11-8(4-10)5-12(15-11)9(7-14)6-13(16)17/h2-5,9,15H,6-7,14H2,1H3,(H,16,17). The monoisotopic (exact) mass is 248 g/mol. The van der Waals surface area contributed by atoms with Crippen LogP contribution in [0.1, 0.15) is 18.0 Å². The Morgan fingerprint density at radius 1 is 1.50 bits per heavy atom. The Labute approximate surface area is 105 Å². The van der Waals surface area contributed by atoms with Crippen LogP contribution in [0.15, 0.2) is 24.3 Å². The first-order chi connectivity index (χ1) is 8.63. The molecule has 5 heteroatoms. The van der Waals surface area contributed by atoms with Crippen LogP contribution in [-0.4, -0.2) is 29.7 Å². The van der Waals surface area contributed by atoms with Gasteiger partial charge in [0, 0.05) is 29.1 Å². The fourth-order valence-electron chi connectivity index (χ4n) is 2.01. The smallest absolute Gasteiger partial charge is 0.304 e. The van der Waals surface area contributed by atoms with E-state index in [4.69, 9.17) is 15.6 Å². The quantitative estimate of drug-likeness (QED) is 0.751. The molecule has 1 atom stereocenters. The van der Waals surface area contributed by atoms with Crippen molar-refractivity contribution in [2.45, 2.75) is 12.3 Å². The normalized spacial score (nSPS) is 12.6. The number of rotatable bonds is 5. The zero-order valence-corrected chi connectivity index (χ0v) is 10.1. The summed E-state index contributed by atoms with van der Waals surface area (Å²) < 4.78 is 5.15. The Balaban J connectivity index is 2.36. The molecule has 0 saturated carbocycles. The van der Waals surface area contributed by atoms with Gasteiger partial charge in [-0.2, -0.15) is 0 Å². The number of carboxylic acids is 1. The van der Waals surface area contributed by atoms with Gasteiger partial charge in [-0.1, -0.05) is 0 Å². The summed E-state index contributed by atoms with van der Waals surface area (Å²) in [7, 11) is 1.61. The van der Waals surface area contributed by atoms with Crippen molar-refractivity contribution in [3.8, 4) is 5.75 Å². The van der Waals surface area contributed by atoms with E-state index in [1.54, 1.807) is 7.11 Å². The van der Waals surface area contributed by atoms with Crippen LogP contribution in [-0.2, 0) is 4.79 Å². The number of nitrogens with one attached hydrogen (secondary N) is 1. The SMILES string of the molecule is COc1ccc2[nH]c(C(CN)CC(=O)O)cc2c1. The molecule has 0 bridgehead atoms. The molecule has 1 unspecified atom stereocenters. The van der Waals surface area contributed by atoms with Gasteiger partial charge in [-0.3, -0.25) is 4.79 Å². The number of hydrogen-bond donors (Lipinski definition) is 3. The minimum Gasteiger partial charge on any atom is -0.497 e. The molecule has 0 spiro atoms. The van der Waals surface area contributed by atoms with Gasteiger partial charge in [-0.05, 0) is 24.3 Å². The fourth-order valence-corrected chi connectivity index (χ4v) is 2.01. The molecule has 1 aromatic heterocycles. The lowest BCUT2D eigenvalue weighted by atomic mass is 10.0. The summed E-state index contributed by atoms with van der Waals surface area (Å²) in [6, 6.07) is 7.60. The number of methoxy groups -OCH3 is 1. The summed E-state index contributed by atoms with van der Waals surface area (Å²) in [6.07, 6.45) is 0.0282. The number of carbonyl (C=O) groups is 1. The molecule has 4 N–H and O–H groups in total. The molecule has 0 aliphatic rings. The molecule has 1 aromatic carbocycles. The van der Waals surface area contributed by atoms with E-state index in [-0.39, 0.29) is 12.3 Å². The van der Waals surface area contributed by atoms with E-state index >= 15 is 0 Å². The Bertz CT molecular complexity index is 562. The van der Waals surface area contributed by atoms with Gasteiger partial charge in [-0.15, -0.1) is 0 Å². The second-order valence-electron chi connectivity index (χ2n) is 4.21. The Morgan fingerprint density at radius 2 is 2.28 bits per heavy atom. The molecule has 1 heterocycles. The molecule has 18 heavy (non-hydrogen) atoms. The first kappa shape index (κ1) is 12.4. The summed E-state index contributed by atoms with van der Waals surface area (Å²) in [5.41, 5.74) is 7.43. The van der Waals surface area contributed by atoms with Crippen LogP contribution >= 0.6 is 0 Å². The number of aliphatic carboxylic acids is 1. The van der Waals surface area contributed by atoms with Crippen molar-refractivity contribution >= 4 is 16.9 Å². The predicted octanol–water partition coefficient (Wildman–Crippen LogP) is 1.69. The van der Waals surface area contributed by atoms with E-state index in [0.29, 0.717) is 6.54 Å². The number of H-pyrrole nitrogens is 1. The van der Waals surface area contributed by atoms with E-state index in [0.717, 1.165) is 22.3 Å². The van der Waals surface area contributed by atoms with Crippen molar-refractivity contribution in [2.24, 2.45) is 5.73 Å². The topological polar surface area (TPSA) is 88.3 Å². The summed E-state index contributed by atoms with van der Waals surface area (Å²) in [4.78, 5) is 14.0. The Morgan fingerprint density at radius 3 is 2.89 bits per heavy atom. The van der Waals surface area contributed by atoms with Crippen LogP contribution in [0.2, 0.25) is 0 Å². The van der Waals surface area contributed by atoms with Crippen LogP contribution in [0.3, 0.4) is 0 Å². The van der Waals surface area contributed by atoms with Gasteiger partial charge in [0.05, 0.1) is 13.5 Å². The van der Waals surface area contributed by atoms with Gasteiger partial charge < -0.3 is 20.6 Å². The summed E-state index contributed by atoms with van der Waals surface area (Å²) in [6.45, 7) is 0.302. The number of nitrogens with two attached hydrogens (primary N) is 1. The average molecular weight is 248 g/mol. The lowest BCUT2D eigenvalue weighted by Crippen LogP contribution is -2.16. The zero-order valence-electron chi connectivity index (χ0n) is 10.1. The molecule has 0 aliphatic heterocycles. The van der Waals surface area contributed by atoms with Gasteiger partial charge in [0.1, 0.15) is 5.75 Å². The molecule has 0 radical (unpaired) electrons. The van der Waals surface area contributed by atoms with Gasteiger partial charge in [-0.25, -0.2) is 0 Å². The molecule has 0 amide bonds. The summed E-state index contributed by atoms with van der Waals surface area (Å²) in [5.74, 6) is -0.266. The van der Waals surface area contributed by atoms with Gasteiger partial charge in [0.15, 0.2) is 0 Å². The van der Waals surface area contributed by atoms with Crippen molar-refractivity contribution in [1.82, 2.24) is 4.98 Å². The average Bonchev–Trinajstić information content (AvgIpc) is 2.77. The Kier molecular flexibility index (Phi) is 3.53. The minimum atomic E-state index is -0.846. The van der Waals surface area contributed by atoms with Crippen LogP contribution in [0.25, 0.3) is 10.9 Å². The summed E-state index contributed by atoms with van der Waals surface area (Å²) in [5, 5.41) is 9.84. The molecule has 2 aromatic rings. The highest BCUT2D eigenvalue weighted by Crippen LogP contribution is 2.26. The van der Waals surface area contributed by atoms with E-state index in [1.807, 2.05) is 24.3 Å². The molecule has 0 aliphatic carbocycles. The maximum Gasteiger partial charge on any atom is 0.304 e. The van der Waals surface area contributed by atoms with Gasteiger partial charge in [0.2, 0.25) is 0 Å².